The molecule has 22 heavy (non-hydrogen) atoms. The van der Waals surface area contributed by atoms with E-state index in [-0.39, 0.29) is 0 Å². The third kappa shape index (κ3) is 4.06. The summed E-state index contributed by atoms with van der Waals surface area (Å²) in [5.74, 6) is 0. The quantitative estimate of drug-likeness (QED) is 0.759. The number of allylic oxidation sites excluding steroid dienone is 1. The summed E-state index contributed by atoms with van der Waals surface area (Å²) in [6.07, 6.45) is 3.97. The molecule has 0 fully saturated rings. The molecule has 120 valence electrons. The van der Waals surface area contributed by atoms with Gasteiger partial charge in [0.2, 0.25) is 0 Å². The molecule has 0 amide bonds. The van der Waals surface area contributed by atoms with Crippen LogP contribution in [0.1, 0.15) is 27.7 Å². The zero-order valence-corrected chi connectivity index (χ0v) is 14.8. The molecule has 1 unspecified atom stereocenters. The fraction of sp³-hybridized carbons (Fsp3) is 0.471. The SMILES string of the molecule is C=CCn1cc(CNCC(c2sccc2C)N(C)C)c(C)n1. The van der Waals surface area contributed by atoms with Crippen LogP contribution in [0.2, 0.25) is 0 Å². The van der Waals surface area contributed by atoms with Crippen LogP contribution in [0.15, 0.2) is 30.3 Å². The molecule has 0 saturated heterocycles. The topological polar surface area (TPSA) is 33.1 Å². The van der Waals surface area contributed by atoms with Gasteiger partial charge in [0.05, 0.1) is 18.3 Å². The zero-order valence-electron chi connectivity index (χ0n) is 14.0. The standard InChI is InChI=1S/C17H26N4S/c1-6-8-21-12-15(14(3)19-21)10-18-11-16(20(4)5)17-13(2)7-9-22-17/h6-7,9,12,16,18H,1,8,10-11H2,2-5H3. The van der Waals surface area contributed by atoms with Crippen LogP contribution >= 0.6 is 11.3 Å². The second kappa shape index (κ2) is 7.72. The lowest BCUT2D eigenvalue weighted by Crippen LogP contribution is -2.30. The minimum absolute atomic E-state index is 0.406. The molecule has 4 nitrogen and oxygen atoms in total. The van der Waals surface area contributed by atoms with Gasteiger partial charge >= 0.3 is 0 Å². The van der Waals surface area contributed by atoms with Crippen molar-refractivity contribution in [2.24, 2.45) is 0 Å². The Balaban J connectivity index is 1.96. The summed E-state index contributed by atoms with van der Waals surface area (Å²) in [5.41, 5.74) is 3.71. The number of nitrogens with zero attached hydrogens (tertiary/aromatic N) is 3. The van der Waals surface area contributed by atoms with Crippen LogP contribution in [0.3, 0.4) is 0 Å². The van der Waals surface area contributed by atoms with Crippen LogP contribution in [0.25, 0.3) is 0 Å². The maximum Gasteiger partial charge on any atom is 0.0638 e. The van der Waals surface area contributed by atoms with E-state index in [0.717, 1.165) is 25.3 Å². The van der Waals surface area contributed by atoms with Gasteiger partial charge in [-0.1, -0.05) is 6.08 Å². The third-order valence-corrected chi connectivity index (χ3v) is 4.97. The molecule has 5 heteroatoms. The molecule has 0 aliphatic rings. The van der Waals surface area contributed by atoms with E-state index in [9.17, 15) is 0 Å². The van der Waals surface area contributed by atoms with Gasteiger partial charge in [0.1, 0.15) is 0 Å². The minimum atomic E-state index is 0.406. The second-order valence-corrected chi connectivity index (χ2v) is 6.78. The Bertz CT molecular complexity index is 612. The highest BCUT2D eigenvalue weighted by atomic mass is 32.1. The number of hydrogen-bond donors (Lipinski definition) is 1. The van der Waals surface area contributed by atoms with Crippen LogP contribution in [-0.4, -0.2) is 35.3 Å². The van der Waals surface area contributed by atoms with Crippen LogP contribution in [-0.2, 0) is 13.1 Å². The lowest BCUT2D eigenvalue weighted by Gasteiger charge is -2.24. The van der Waals surface area contributed by atoms with Crippen molar-refractivity contribution >= 4 is 11.3 Å². The fourth-order valence-electron chi connectivity index (χ4n) is 2.54. The third-order valence-electron chi connectivity index (χ3n) is 3.85. The van der Waals surface area contributed by atoms with Gasteiger partial charge in [0, 0.05) is 29.7 Å². The molecule has 0 spiro atoms. The van der Waals surface area contributed by atoms with Crippen molar-refractivity contribution in [3.05, 3.63) is 52.0 Å². The number of hydrogen-bond acceptors (Lipinski definition) is 4. The summed E-state index contributed by atoms with van der Waals surface area (Å²) in [6, 6.07) is 2.60. The molecule has 2 heterocycles. The number of rotatable bonds is 8. The Kier molecular flexibility index (Phi) is 5.94. The number of nitrogens with one attached hydrogen (secondary N) is 1. The van der Waals surface area contributed by atoms with Gasteiger partial charge in [-0.3, -0.25) is 4.68 Å². The Morgan fingerprint density at radius 1 is 1.45 bits per heavy atom. The van der Waals surface area contributed by atoms with Crippen molar-refractivity contribution in [3.8, 4) is 0 Å². The highest BCUT2D eigenvalue weighted by Crippen LogP contribution is 2.26. The molecule has 2 rings (SSSR count). The number of aryl methyl sites for hydroxylation is 2. The molecule has 0 bridgehead atoms. The number of thiophene rings is 1. The number of aromatic nitrogens is 2. The van der Waals surface area contributed by atoms with Crippen LogP contribution in [0, 0.1) is 13.8 Å². The normalized spacial score (nSPS) is 12.8. The summed E-state index contributed by atoms with van der Waals surface area (Å²) in [7, 11) is 4.28. The average molecular weight is 318 g/mol. The maximum absolute atomic E-state index is 4.49. The van der Waals surface area contributed by atoms with E-state index in [0.29, 0.717) is 6.04 Å². The largest absolute Gasteiger partial charge is 0.311 e. The summed E-state index contributed by atoms with van der Waals surface area (Å²) >= 11 is 1.84. The molecular weight excluding hydrogens is 292 g/mol. The first-order valence-corrected chi connectivity index (χ1v) is 8.45. The number of likely N-dealkylation sites (N-methyl/N-ethyl adjacent to an activating group) is 1. The summed E-state index contributed by atoms with van der Waals surface area (Å²) in [6.45, 7) is 10.5. The lowest BCUT2D eigenvalue weighted by atomic mass is 10.1. The highest BCUT2D eigenvalue weighted by molar-refractivity contribution is 7.10. The van der Waals surface area contributed by atoms with E-state index < -0.39 is 0 Å². The molecule has 2 aromatic rings. The predicted molar refractivity (Wildman–Crippen MR) is 94.4 cm³/mol. The first-order valence-electron chi connectivity index (χ1n) is 7.58. The van der Waals surface area contributed by atoms with Crippen LogP contribution < -0.4 is 5.32 Å². The second-order valence-electron chi connectivity index (χ2n) is 5.83. The first-order chi connectivity index (χ1) is 10.5. The fourth-order valence-corrected chi connectivity index (χ4v) is 3.66. The molecule has 0 radical (unpaired) electrons. The average Bonchev–Trinajstić information content (AvgIpc) is 3.02. The smallest absolute Gasteiger partial charge is 0.0638 e. The van der Waals surface area contributed by atoms with Gasteiger partial charge in [0.15, 0.2) is 0 Å². The van der Waals surface area contributed by atoms with E-state index in [1.807, 2.05) is 22.1 Å². The monoisotopic (exact) mass is 318 g/mol. The van der Waals surface area contributed by atoms with E-state index in [1.165, 1.54) is 16.0 Å². The molecule has 0 aliphatic heterocycles. The van der Waals surface area contributed by atoms with Crippen LogP contribution in [0.4, 0.5) is 0 Å². The Morgan fingerprint density at radius 3 is 2.82 bits per heavy atom. The molecule has 0 aromatic carbocycles. The summed E-state index contributed by atoms with van der Waals surface area (Å²) in [5, 5.41) is 10.2. The van der Waals surface area contributed by atoms with Gasteiger partial charge in [-0.05, 0) is 45.0 Å². The maximum atomic E-state index is 4.49. The predicted octanol–water partition coefficient (Wildman–Crippen LogP) is 3.14. The molecule has 0 saturated carbocycles. The van der Waals surface area contributed by atoms with Crippen LogP contribution in [0.5, 0.6) is 0 Å². The Labute approximate surface area is 137 Å². The molecule has 2 aromatic heterocycles. The molecule has 0 aliphatic carbocycles. The van der Waals surface area contributed by atoms with Gasteiger partial charge < -0.3 is 10.2 Å². The van der Waals surface area contributed by atoms with Crippen molar-refractivity contribution in [2.75, 3.05) is 20.6 Å². The summed E-state index contributed by atoms with van der Waals surface area (Å²) < 4.78 is 1.94. The molecule has 1 N–H and O–H groups in total. The molecule has 1 atom stereocenters. The van der Waals surface area contributed by atoms with Gasteiger partial charge in [-0.25, -0.2) is 0 Å². The summed E-state index contributed by atoms with van der Waals surface area (Å²) in [4.78, 5) is 3.72. The van der Waals surface area contributed by atoms with E-state index in [2.05, 4.69) is 67.5 Å². The van der Waals surface area contributed by atoms with E-state index in [1.54, 1.807) is 0 Å². The van der Waals surface area contributed by atoms with Crippen molar-refractivity contribution in [1.82, 2.24) is 20.0 Å². The molecular formula is C17H26N4S. The van der Waals surface area contributed by atoms with Crippen molar-refractivity contribution in [2.45, 2.75) is 33.0 Å². The zero-order chi connectivity index (χ0) is 16.1. The Hall–Kier alpha value is -1.43. The highest BCUT2D eigenvalue weighted by Gasteiger charge is 2.17. The van der Waals surface area contributed by atoms with Gasteiger partial charge in [-0.15, -0.1) is 17.9 Å². The van der Waals surface area contributed by atoms with Gasteiger partial charge in [0.25, 0.3) is 0 Å². The first kappa shape index (κ1) is 16.9. The Morgan fingerprint density at radius 2 is 2.23 bits per heavy atom. The van der Waals surface area contributed by atoms with E-state index in [4.69, 9.17) is 0 Å². The van der Waals surface area contributed by atoms with E-state index >= 15 is 0 Å². The van der Waals surface area contributed by atoms with Crippen molar-refractivity contribution in [1.29, 1.82) is 0 Å². The van der Waals surface area contributed by atoms with Gasteiger partial charge in [-0.2, -0.15) is 5.10 Å². The lowest BCUT2D eigenvalue weighted by molar-refractivity contribution is 0.291. The van der Waals surface area contributed by atoms with Crippen molar-refractivity contribution < 1.29 is 0 Å². The minimum Gasteiger partial charge on any atom is -0.311 e. The van der Waals surface area contributed by atoms with Crippen molar-refractivity contribution in [3.63, 3.8) is 0 Å².